The van der Waals surface area contributed by atoms with Gasteiger partial charge >= 0.3 is 5.97 Å². The van der Waals surface area contributed by atoms with Gasteiger partial charge in [-0.05, 0) is 69.1 Å². The lowest BCUT2D eigenvalue weighted by molar-refractivity contribution is -0.142. The third-order valence-electron chi connectivity index (χ3n) is 5.07. The Labute approximate surface area is 159 Å². The van der Waals surface area contributed by atoms with Crippen LogP contribution in [0.3, 0.4) is 0 Å². The predicted octanol–water partition coefficient (Wildman–Crippen LogP) is 5.11. The molecule has 0 aromatic rings. The quantitative estimate of drug-likeness (QED) is 0.407. The van der Waals surface area contributed by atoms with Crippen LogP contribution in [-0.2, 0) is 9.53 Å². The summed E-state index contributed by atoms with van der Waals surface area (Å²) in [5, 5.41) is 10.1. The van der Waals surface area contributed by atoms with Gasteiger partial charge in [-0.3, -0.25) is 4.79 Å². The normalized spacial score (nSPS) is 18.9. The molecule has 0 spiro atoms. The van der Waals surface area contributed by atoms with Gasteiger partial charge < -0.3 is 9.84 Å². The van der Waals surface area contributed by atoms with Crippen LogP contribution >= 0.6 is 0 Å². The van der Waals surface area contributed by atoms with Crippen molar-refractivity contribution in [3.63, 3.8) is 0 Å². The Hall–Kier alpha value is -1.79. The highest BCUT2D eigenvalue weighted by Crippen LogP contribution is 2.41. The number of aliphatic hydroxyl groups is 1. The summed E-state index contributed by atoms with van der Waals surface area (Å²) in [6.07, 6.45) is 8.01. The highest BCUT2D eigenvalue weighted by molar-refractivity contribution is 5.68. The molecule has 0 heterocycles. The minimum atomic E-state index is -0.842. The molecule has 144 valence electrons. The lowest BCUT2D eigenvalue weighted by atomic mass is 9.71. The maximum Gasteiger partial charge on any atom is 0.305 e. The Morgan fingerprint density at radius 1 is 1.35 bits per heavy atom. The fourth-order valence-electron chi connectivity index (χ4n) is 3.21. The molecule has 1 aliphatic rings. The van der Waals surface area contributed by atoms with E-state index in [4.69, 9.17) is 4.74 Å². The van der Waals surface area contributed by atoms with Crippen LogP contribution in [0.15, 0.2) is 34.4 Å². The van der Waals surface area contributed by atoms with Crippen LogP contribution in [0.25, 0.3) is 0 Å². The van der Waals surface area contributed by atoms with Crippen LogP contribution in [-0.4, -0.2) is 23.8 Å². The molecule has 0 fully saturated rings. The van der Waals surface area contributed by atoms with Gasteiger partial charge in [-0.1, -0.05) is 49.8 Å². The fraction of sp³-hybridized carbons (Fsp3) is 0.609. The molecule has 1 atom stereocenters. The Bertz CT molecular complexity index is 651. The zero-order valence-electron chi connectivity index (χ0n) is 17.2. The summed E-state index contributed by atoms with van der Waals surface area (Å²) in [5.74, 6) is 5.67. The average molecular weight is 359 g/mol. The van der Waals surface area contributed by atoms with E-state index in [0.29, 0.717) is 12.0 Å². The van der Waals surface area contributed by atoms with Gasteiger partial charge in [0.05, 0.1) is 0 Å². The first-order chi connectivity index (χ1) is 12.2. The van der Waals surface area contributed by atoms with Crippen molar-refractivity contribution >= 4 is 5.97 Å². The number of hydrogen-bond acceptors (Lipinski definition) is 3. The van der Waals surface area contributed by atoms with E-state index >= 15 is 0 Å². The molecular formula is C23H34O3. The van der Waals surface area contributed by atoms with Gasteiger partial charge in [-0.25, -0.2) is 0 Å². The maximum atomic E-state index is 11.1. The van der Waals surface area contributed by atoms with Crippen LogP contribution in [0.2, 0.25) is 0 Å². The standard InChI is InChI=1S/C23H34O3/c1-7-22(25)26-16-14-19(4)21(24)13-11-17(2)10-12-20-18(3)9-8-15-23(20,5)6/h10,14,21,24H,7-9,12,15-16H2,1-6H3. The van der Waals surface area contributed by atoms with Crippen molar-refractivity contribution in [2.24, 2.45) is 5.41 Å². The van der Waals surface area contributed by atoms with Crippen molar-refractivity contribution in [2.45, 2.75) is 79.8 Å². The van der Waals surface area contributed by atoms with E-state index < -0.39 is 6.10 Å². The summed E-state index contributed by atoms with van der Waals surface area (Å²) in [6.45, 7) is 12.6. The third-order valence-corrected chi connectivity index (χ3v) is 5.07. The van der Waals surface area contributed by atoms with E-state index in [0.717, 1.165) is 12.0 Å². The molecule has 1 rings (SSSR count). The lowest BCUT2D eigenvalue weighted by Gasteiger charge is -2.34. The molecular weight excluding hydrogens is 324 g/mol. The maximum absolute atomic E-state index is 11.1. The minimum absolute atomic E-state index is 0.175. The molecule has 3 nitrogen and oxygen atoms in total. The Kier molecular flexibility index (Phi) is 8.88. The van der Waals surface area contributed by atoms with Crippen LogP contribution in [0.4, 0.5) is 0 Å². The van der Waals surface area contributed by atoms with Crippen molar-refractivity contribution in [3.05, 3.63) is 34.4 Å². The first kappa shape index (κ1) is 22.3. The highest BCUT2D eigenvalue weighted by Gasteiger charge is 2.27. The second-order valence-corrected chi connectivity index (χ2v) is 7.74. The summed E-state index contributed by atoms with van der Waals surface area (Å²) in [4.78, 5) is 11.1. The first-order valence-electron chi connectivity index (χ1n) is 9.55. The number of hydrogen-bond donors (Lipinski definition) is 1. The lowest BCUT2D eigenvalue weighted by Crippen LogP contribution is -2.20. The largest absolute Gasteiger partial charge is 0.461 e. The monoisotopic (exact) mass is 358 g/mol. The number of carbonyl (C=O) groups is 1. The van der Waals surface area contributed by atoms with Gasteiger partial charge in [0, 0.05) is 6.42 Å². The zero-order chi connectivity index (χ0) is 19.7. The zero-order valence-corrected chi connectivity index (χ0v) is 17.2. The fourth-order valence-corrected chi connectivity index (χ4v) is 3.21. The second-order valence-electron chi connectivity index (χ2n) is 7.74. The predicted molar refractivity (Wildman–Crippen MR) is 107 cm³/mol. The molecule has 26 heavy (non-hydrogen) atoms. The smallest absolute Gasteiger partial charge is 0.305 e. The summed E-state index contributed by atoms with van der Waals surface area (Å²) in [7, 11) is 0. The van der Waals surface area contributed by atoms with Crippen molar-refractivity contribution in [2.75, 3.05) is 6.61 Å². The molecule has 1 aliphatic carbocycles. The summed E-state index contributed by atoms with van der Waals surface area (Å²) in [5.41, 5.74) is 4.97. The highest BCUT2D eigenvalue weighted by atomic mass is 16.5. The molecule has 1 N–H and O–H groups in total. The molecule has 0 bridgehead atoms. The third kappa shape index (κ3) is 7.22. The number of allylic oxidation sites excluding steroid dienone is 4. The topological polar surface area (TPSA) is 46.5 Å². The molecule has 1 unspecified atom stereocenters. The van der Waals surface area contributed by atoms with Gasteiger partial charge in [0.2, 0.25) is 0 Å². The van der Waals surface area contributed by atoms with E-state index in [1.54, 1.807) is 19.9 Å². The molecule has 0 radical (unpaired) electrons. The number of esters is 1. The summed E-state index contributed by atoms with van der Waals surface area (Å²) in [6, 6.07) is 0. The second kappa shape index (κ2) is 10.4. The molecule has 0 aliphatic heterocycles. The minimum Gasteiger partial charge on any atom is -0.461 e. The van der Waals surface area contributed by atoms with Crippen LogP contribution in [0.1, 0.15) is 73.6 Å². The van der Waals surface area contributed by atoms with E-state index in [2.05, 4.69) is 38.7 Å². The van der Waals surface area contributed by atoms with E-state index in [9.17, 15) is 9.90 Å². The first-order valence-corrected chi connectivity index (χ1v) is 9.55. The molecule has 0 saturated heterocycles. The average Bonchev–Trinajstić information content (AvgIpc) is 2.58. The van der Waals surface area contributed by atoms with Gasteiger partial charge in [0.15, 0.2) is 0 Å². The Morgan fingerprint density at radius 3 is 2.65 bits per heavy atom. The molecule has 0 aromatic heterocycles. The molecule has 0 aromatic carbocycles. The van der Waals surface area contributed by atoms with Crippen molar-refractivity contribution in [1.29, 1.82) is 0 Å². The van der Waals surface area contributed by atoms with Crippen LogP contribution < -0.4 is 0 Å². The van der Waals surface area contributed by atoms with Gasteiger partial charge in [0.1, 0.15) is 12.7 Å². The van der Waals surface area contributed by atoms with Crippen LogP contribution in [0.5, 0.6) is 0 Å². The van der Waals surface area contributed by atoms with Crippen molar-refractivity contribution < 1.29 is 14.6 Å². The number of aliphatic hydroxyl groups excluding tert-OH is 1. The molecule has 0 amide bonds. The van der Waals surface area contributed by atoms with Gasteiger partial charge in [-0.2, -0.15) is 0 Å². The Morgan fingerprint density at radius 2 is 2.04 bits per heavy atom. The van der Waals surface area contributed by atoms with Crippen molar-refractivity contribution in [1.82, 2.24) is 0 Å². The van der Waals surface area contributed by atoms with E-state index in [1.807, 2.05) is 6.92 Å². The molecule has 0 saturated carbocycles. The number of ether oxygens (including phenoxy) is 1. The molecule has 3 heteroatoms. The number of carbonyl (C=O) groups excluding carboxylic acids is 1. The van der Waals surface area contributed by atoms with Gasteiger partial charge in [-0.15, -0.1) is 0 Å². The van der Waals surface area contributed by atoms with E-state index in [-0.39, 0.29) is 18.0 Å². The SMILES string of the molecule is CCC(=O)OCC=C(C)C(O)C#CC(C)=CCC1=C(C)CCCC1(C)C. The number of rotatable bonds is 6. The van der Waals surface area contributed by atoms with Gasteiger partial charge in [0.25, 0.3) is 0 Å². The Balaban J connectivity index is 2.67. The summed E-state index contributed by atoms with van der Waals surface area (Å²) >= 11 is 0. The summed E-state index contributed by atoms with van der Waals surface area (Å²) < 4.78 is 4.98. The van der Waals surface area contributed by atoms with Crippen molar-refractivity contribution in [3.8, 4) is 11.8 Å². The van der Waals surface area contributed by atoms with Crippen LogP contribution in [0, 0.1) is 17.3 Å². The van der Waals surface area contributed by atoms with E-state index in [1.165, 1.54) is 30.4 Å².